The van der Waals surface area contributed by atoms with E-state index in [1.807, 2.05) is 30.3 Å². The molecule has 6 heteroatoms. The van der Waals surface area contributed by atoms with E-state index in [2.05, 4.69) is 28.2 Å². The monoisotopic (exact) mass is 395 g/mol. The van der Waals surface area contributed by atoms with Crippen LogP contribution in [0.15, 0.2) is 48.5 Å². The molecule has 0 saturated carbocycles. The average Bonchev–Trinajstić information content (AvgIpc) is 2.74. The molecule has 0 atom stereocenters. The molecule has 2 aromatic rings. The number of piperazine rings is 1. The molecule has 1 saturated heterocycles. The van der Waals surface area contributed by atoms with Gasteiger partial charge in [-0.15, -0.1) is 0 Å². The first-order valence-electron chi connectivity index (χ1n) is 9.77. The zero-order valence-electron chi connectivity index (χ0n) is 17.4. The second kappa shape index (κ2) is 10.1. The normalized spacial score (nSPS) is 15.4. The molecule has 0 radical (unpaired) electrons. The van der Waals surface area contributed by atoms with Gasteiger partial charge in [-0.25, -0.2) is 0 Å². The van der Waals surface area contributed by atoms with Crippen molar-refractivity contribution in [1.82, 2.24) is 9.80 Å². The smallest absolute Gasteiger partial charge is 0.248 e. The minimum atomic E-state index is -0.177. The van der Waals surface area contributed by atoms with Crippen LogP contribution >= 0.6 is 0 Å². The Labute approximate surface area is 172 Å². The molecule has 1 N–H and O–H groups in total. The molecule has 0 aliphatic carbocycles. The highest BCUT2D eigenvalue weighted by molar-refractivity contribution is 6.02. The van der Waals surface area contributed by atoms with Gasteiger partial charge in [-0.3, -0.25) is 9.69 Å². The predicted molar refractivity (Wildman–Crippen MR) is 116 cm³/mol. The van der Waals surface area contributed by atoms with Gasteiger partial charge in [-0.1, -0.05) is 12.1 Å². The maximum Gasteiger partial charge on any atom is 0.248 e. The summed E-state index contributed by atoms with van der Waals surface area (Å²) in [6.07, 6.45) is 3.26. The summed E-state index contributed by atoms with van der Waals surface area (Å²) >= 11 is 0. The molecule has 6 nitrogen and oxygen atoms in total. The highest BCUT2D eigenvalue weighted by Gasteiger charge is 2.14. The molecule has 2 aromatic carbocycles. The number of anilines is 1. The van der Waals surface area contributed by atoms with Gasteiger partial charge in [0, 0.05) is 50.6 Å². The van der Waals surface area contributed by atoms with E-state index in [1.54, 1.807) is 26.4 Å². The van der Waals surface area contributed by atoms with Crippen LogP contribution in [-0.2, 0) is 11.3 Å². The molecule has 0 aromatic heterocycles. The minimum Gasteiger partial charge on any atom is -0.497 e. The quantitative estimate of drug-likeness (QED) is 0.730. The maximum absolute atomic E-state index is 12.4. The number of likely N-dealkylation sites (N-methyl/N-ethyl adjacent to an activating group) is 1. The first-order valence-corrected chi connectivity index (χ1v) is 9.77. The van der Waals surface area contributed by atoms with Crippen LogP contribution in [0.1, 0.15) is 11.1 Å². The lowest BCUT2D eigenvalue weighted by atomic mass is 10.1. The Bertz CT molecular complexity index is 836. The Kier molecular flexibility index (Phi) is 7.27. The number of carbonyl (C=O) groups is 1. The van der Waals surface area contributed by atoms with E-state index in [0.29, 0.717) is 11.5 Å². The summed E-state index contributed by atoms with van der Waals surface area (Å²) in [5, 5.41) is 2.94. The van der Waals surface area contributed by atoms with Crippen LogP contribution in [0.5, 0.6) is 11.5 Å². The van der Waals surface area contributed by atoms with Gasteiger partial charge in [0.05, 0.1) is 14.2 Å². The number of hydrogen-bond acceptors (Lipinski definition) is 5. The fraction of sp³-hybridized carbons (Fsp3) is 0.348. The van der Waals surface area contributed by atoms with Crippen molar-refractivity contribution < 1.29 is 14.3 Å². The summed E-state index contributed by atoms with van der Waals surface area (Å²) < 4.78 is 10.5. The van der Waals surface area contributed by atoms with E-state index in [1.165, 1.54) is 11.6 Å². The van der Waals surface area contributed by atoms with Crippen molar-refractivity contribution in [3.8, 4) is 11.5 Å². The zero-order chi connectivity index (χ0) is 20.6. The van der Waals surface area contributed by atoms with Crippen molar-refractivity contribution in [3.63, 3.8) is 0 Å². The minimum absolute atomic E-state index is 0.177. The Hall–Kier alpha value is -2.83. The van der Waals surface area contributed by atoms with E-state index < -0.39 is 0 Å². The van der Waals surface area contributed by atoms with Crippen LogP contribution in [0, 0.1) is 0 Å². The Morgan fingerprint density at radius 3 is 2.38 bits per heavy atom. The molecule has 1 aliphatic rings. The number of ether oxygens (including phenoxy) is 2. The number of carbonyl (C=O) groups excluding carboxylic acids is 1. The average molecular weight is 396 g/mol. The predicted octanol–water partition coefficient (Wildman–Crippen LogP) is 3.10. The molecule has 1 heterocycles. The second-order valence-electron chi connectivity index (χ2n) is 7.25. The summed E-state index contributed by atoms with van der Waals surface area (Å²) in [5.41, 5.74) is 2.84. The molecule has 0 bridgehead atoms. The van der Waals surface area contributed by atoms with Crippen LogP contribution < -0.4 is 14.8 Å². The fourth-order valence-electron chi connectivity index (χ4n) is 3.29. The topological polar surface area (TPSA) is 54.0 Å². The fourth-order valence-corrected chi connectivity index (χ4v) is 3.29. The van der Waals surface area contributed by atoms with Gasteiger partial charge < -0.3 is 19.7 Å². The first-order chi connectivity index (χ1) is 14.1. The van der Waals surface area contributed by atoms with Gasteiger partial charge in [0.25, 0.3) is 0 Å². The van der Waals surface area contributed by atoms with Crippen molar-refractivity contribution in [2.45, 2.75) is 6.54 Å². The number of rotatable bonds is 7. The highest BCUT2D eigenvalue weighted by atomic mass is 16.5. The number of nitrogens with one attached hydrogen (secondary N) is 1. The zero-order valence-corrected chi connectivity index (χ0v) is 17.4. The standard InChI is InChI=1S/C23H29N3O3/c1-25-9-11-26(12-10-25)17-19-5-4-6-20(13-19)24-23(27)8-7-18-14-21(28-2)16-22(15-18)29-3/h4-8,13-16H,9-12,17H2,1-3H3,(H,24,27)/b8-7+. The van der Waals surface area contributed by atoms with Gasteiger partial charge in [-0.05, 0) is 48.5 Å². The Balaban J connectivity index is 1.60. The molecule has 1 amide bonds. The van der Waals surface area contributed by atoms with Gasteiger partial charge in [0.15, 0.2) is 0 Å². The van der Waals surface area contributed by atoms with E-state index >= 15 is 0 Å². The van der Waals surface area contributed by atoms with Crippen LogP contribution in [0.3, 0.4) is 0 Å². The van der Waals surface area contributed by atoms with Crippen molar-refractivity contribution in [1.29, 1.82) is 0 Å². The number of nitrogens with zero attached hydrogens (tertiary/aromatic N) is 2. The molecule has 0 unspecified atom stereocenters. The lowest BCUT2D eigenvalue weighted by Crippen LogP contribution is -2.43. The molecule has 154 valence electrons. The van der Waals surface area contributed by atoms with E-state index in [-0.39, 0.29) is 5.91 Å². The molecule has 3 rings (SSSR count). The second-order valence-corrected chi connectivity index (χ2v) is 7.25. The molecule has 0 spiro atoms. The van der Waals surface area contributed by atoms with Gasteiger partial charge in [0.2, 0.25) is 5.91 Å². The molecular formula is C23H29N3O3. The van der Waals surface area contributed by atoms with Gasteiger partial charge in [0.1, 0.15) is 11.5 Å². The van der Waals surface area contributed by atoms with Crippen molar-refractivity contribution in [3.05, 3.63) is 59.7 Å². The van der Waals surface area contributed by atoms with Gasteiger partial charge >= 0.3 is 0 Å². The number of benzene rings is 2. The molecular weight excluding hydrogens is 366 g/mol. The van der Waals surface area contributed by atoms with E-state index in [0.717, 1.165) is 44.0 Å². The van der Waals surface area contributed by atoms with Gasteiger partial charge in [-0.2, -0.15) is 0 Å². The van der Waals surface area contributed by atoms with Crippen molar-refractivity contribution in [2.24, 2.45) is 0 Å². The molecule has 1 aliphatic heterocycles. The number of amides is 1. The van der Waals surface area contributed by atoms with Crippen LogP contribution in [0.25, 0.3) is 6.08 Å². The van der Waals surface area contributed by atoms with Crippen molar-refractivity contribution in [2.75, 3.05) is 52.8 Å². The SMILES string of the molecule is COc1cc(/C=C/C(=O)Nc2cccc(CN3CCN(C)CC3)c2)cc(OC)c1. The number of methoxy groups -OCH3 is 2. The largest absolute Gasteiger partial charge is 0.497 e. The summed E-state index contributed by atoms with van der Waals surface area (Å²) in [7, 11) is 5.36. The van der Waals surface area contributed by atoms with E-state index in [9.17, 15) is 4.79 Å². The Morgan fingerprint density at radius 1 is 1.03 bits per heavy atom. The Morgan fingerprint density at radius 2 is 1.72 bits per heavy atom. The van der Waals surface area contributed by atoms with Crippen LogP contribution in [-0.4, -0.2) is 63.2 Å². The van der Waals surface area contributed by atoms with Crippen LogP contribution in [0.2, 0.25) is 0 Å². The first kappa shape index (κ1) is 20.9. The third kappa shape index (κ3) is 6.34. The summed E-state index contributed by atoms with van der Waals surface area (Å²) in [6, 6.07) is 13.5. The van der Waals surface area contributed by atoms with Crippen LogP contribution in [0.4, 0.5) is 5.69 Å². The highest BCUT2D eigenvalue weighted by Crippen LogP contribution is 2.23. The third-order valence-corrected chi connectivity index (χ3v) is 5.00. The maximum atomic E-state index is 12.4. The molecule has 29 heavy (non-hydrogen) atoms. The summed E-state index contributed by atoms with van der Waals surface area (Å²) in [6.45, 7) is 5.23. The summed E-state index contributed by atoms with van der Waals surface area (Å²) in [4.78, 5) is 17.1. The lowest BCUT2D eigenvalue weighted by Gasteiger charge is -2.32. The van der Waals surface area contributed by atoms with Crippen molar-refractivity contribution >= 4 is 17.7 Å². The number of hydrogen-bond donors (Lipinski definition) is 1. The lowest BCUT2D eigenvalue weighted by molar-refractivity contribution is -0.111. The summed E-state index contributed by atoms with van der Waals surface area (Å²) in [5.74, 6) is 1.19. The van der Waals surface area contributed by atoms with E-state index in [4.69, 9.17) is 9.47 Å². The third-order valence-electron chi connectivity index (χ3n) is 5.00. The molecule has 1 fully saturated rings.